The van der Waals surface area contributed by atoms with E-state index in [0.717, 1.165) is 10.9 Å². The Bertz CT molecular complexity index is 1010. The van der Waals surface area contributed by atoms with Gasteiger partial charge in [-0.25, -0.2) is 4.79 Å². The quantitative estimate of drug-likeness (QED) is 0.452. The van der Waals surface area contributed by atoms with Crippen molar-refractivity contribution in [3.63, 3.8) is 0 Å². The number of fused-ring (bicyclic) bond motifs is 1. The number of nitro groups is 1. The van der Waals surface area contributed by atoms with Gasteiger partial charge in [0.05, 0.1) is 4.92 Å². The van der Waals surface area contributed by atoms with Gasteiger partial charge in [-0.2, -0.15) is 0 Å². The second-order valence-electron chi connectivity index (χ2n) is 5.22. The van der Waals surface area contributed by atoms with Gasteiger partial charge in [0, 0.05) is 40.9 Å². The first-order valence-electron chi connectivity index (χ1n) is 7.04. The van der Waals surface area contributed by atoms with Crippen molar-refractivity contribution in [2.24, 2.45) is 0 Å². The molecule has 0 aliphatic rings. The highest BCUT2D eigenvalue weighted by Crippen LogP contribution is 2.21. The number of hydrogen-bond donors (Lipinski definition) is 1. The molecule has 0 aliphatic carbocycles. The van der Waals surface area contributed by atoms with Crippen LogP contribution in [0.15, 0.2) is 57.7 Å². The standard InChI is InChI=1S/C17H12N2O5/c1-10-8-16(20)24-15-9-12(4-7-14(10)15)18-17(21)11-2-5-13(6-3-11)19(22)23/h2-9H,1H3,(H,18,21). The molecular weight excluding hydrogens is 312 g/mol. The largest absolute Gasteiger partial charge is 0.423 e. The molecule has 7 heteroatoms. The van der Waals surface area contributed by atoms with Crippen LogP contribution in [-0.4, -0.2) is 10.8 Å². The average molecular weight is 324 g/mol. The van der Waals surface area contributed by atoms with Crippen LogP contribution < -0.4 is 10.9 Å². The van der Waals surface area contributed by atoms with Gasteiger partial charge in [0.25, 0.3) is 11.6 Å². The molecule has 0 saturated carbocycles. The van der Waals surface area contributed by atoms with E-state index in [1.165, 1.54) is 30.3 Å². The first-order valence-corrected chi connectivity index (χ1v) is 7.04. The first-order chi connectivity index (χ1) is 11.4. The third kappa shape index (κ3) is 3.00. The van der Waals surface area contributed by atoms with Gasteiger partial charge in [-0.3, -0.25) is 14.9 Å². The lowest BCUT2D eigenvalue weighted by Gasteiger charge is -2.07. The lowest BCUT2D eigenvalue weighted by molar-refractivity contribution is -0.384. The molecule has 0 aliphatic heterocycles. The Balaban J connectivity index is 1.87. The van der Waals surface area contributed by atoms with E-state index in [9.17, 15) is 19.7 Å². The number of hydrogen-bond acceptors (Lipinski definition) is 5. The Morgan fingerprint density at radius 2 is 1.83 bits per heavy atom. The average Bonchev–Trinajstić information content (AvgIpc) is 2.54. The minimum absolute atomic E-state index is 0.0884. The maximum atomic E-state index is 12.2. The lowest BCUT2D eigenvalue weighted by Crippen LogP contribution is -2.11. The van der Waals surface area contributed by atoms with Crippen LogP contribution in [0.5, 0.6) is 0 Å². The van der Waals surface area contributed by atoms with Crippen LogP contribution in [0.25, 0.3) is 11.0 Å². The second kappa shape index (κ2) is 5.96. The number of anilines is 1. The van der Waals surface area contributed by atoms with Gasteiger partial charge >= 0.3 is 5.63 Å². The van der Waals surface area contributed by atoms with Crippen molar-refractivity contribution in [1.82, 2.24) is 0 Å². The predicted molar refractivity (Wildman–Crippen MR) is 88.3 cm³/mol. The topological polar surface area (TPSA) is 102 Å². The van der Waals surface area contributed by atoms with Crippen LogP contribution in [0.2, 0.25) is 0 Å². The number of carbonyl (C=O) groups excluding carboxylic acids is 1. The molecule has 0 atom stereocenters. The fourth-order valence-corrected chi connectivity index (χ4v) is 2.34. The highest BCUT2D eigenvalue weighted by molar-refractivity contribution is 6.05. The summed E-state index contributed by atoms with van der Waals surface area (Å²) in [5.41, 5.74) is 1.36. The van der Waals surface area contributed by atoms with Crippen molar-refractivity contribution in [3.05, 3.63) is 80.2 Å². The van der Waals surface area contributed by atoms with Crippen molar-refractivity contribution < 1.29 is 14.1 Å². The molecule has 0 fully saturated rings. The van der Waals surface area contributed by atoms with Crippen LogP contribution >= 0.6 is 0 Å². The van der Waals surface area contributed by atoms with Gasteiger partial charge < -0.3 is 9.73 Å². The number of nitrogens with zero attached hydrogens (tertiary/aromatic N) is 1. The van der Waals surface area contributed by atoms with Crippen LogP contribution in [-0.2, 0) is 0 Å². The van der Waals surface area contributed by atoms with Crippen molar-refractivity contribution in [2.75, 3.05) is 5.32 Å². The van der Waals surface area contributed by atoms with E-state index in [0.29, 0.717) is 11.3 Å². The minimum atomic E-state index is -0.532. The molecule has 0 saturated heterocycles. The zero-order valence-electron chi connectivity index (χ0n) is 12.6. The fraction of sp³-hybridized carbons (Fsp3) is 0.0588. The SMILES string of the molecule is Cc1cc(=O)oc2cc(NC(=O)c3ccc([N+](=O)[O-])cc3)ccc12. The third-order valence-electron chi connectivity index (χ3n) is 3.55. The fourth-order valence-electron chi connectivity index (χ4n) is 2.34. The summed E-state index contributed by atoms with van der Waals surface area (Å²) in [5, 5.41) is 14.1. The number of aryl methyl sites for hydroxylation is 1. The summed E-state index contributed by atoms with van der Waals surface area (Å²) in [7, 11) is 0. The van der Waals surface area contributed by atoms with Gasteiger partial charge in [-0.05, 0) is 36.8 Å². The number of nitro benzene ring substituents is 1. The van der Waals surface area contributed by atoms with Crippen LogP contribution in [0.3, 0.4) is 0 Å². The van der Waals surface area contributed by atoms with Crippen LogP contribution in [0.1, 0.15) is 15.9 Å². The number of rotatable bonds is 3. The van der Waals surface area contributed by atoms with E-state index >= 15 is 0 Å². The molecule has 1 amide bonds. The normalized spacial score (nSPS) is 10.5. The summed E-state index contributed by atoms with van der Waals surface area (Å²) in [4.78, 5) is 33.7. The number of carbonyl (C=O) groups is 1. The highest BCUT2D eigenvalue weighted by Gasteiger charge is 2.11. The van der Waals surface area contributed by atoms with Crippen molar-refractivity contribution in [3.8, 4) is 0 Å². The Kier molecular flexibility index (Phi) is 3.83. The number of non-ortho nitro benzene ring substituents is 1. The van der Waals surface area contributed by atoms with Crippen molar-refractivity contribution in [1.29, 1.82) is 0 Å². The maximum Gasteiger partial charge on any atom is 0.336 e. The Labute approximate surface area is 135 Å². The third-order valence-corrected chi connectivity index (χ3v) is 3.55. The van der Waals surface area contributed by atoms with Crippen LogP contribution in [0, 0.1) is 17.0 Å². The van der Waals surface area contributed by atoms with Gasteiger partial charge in [-0.15, -0.1) is 0 Å². The van der Waals surface area contributed by atoms with E-state index in [1.54, 1.807) is 25.1 Å². The second-order valence-corrected chi connectivity index (χ2v) is 5.22. The highest BCUT2D eigenvalue weighted by atomic mass is 16.6. The molecule has 1 N–H and O–H groups in total. The Morgan fingerprint density at radius 3 is 2.50 bits per heavy atom. The molecule has 3 aromatic rings. The summed E-state index contributed by atoms with van der Waals surface area (Å²) in [6.07, 6.45) is 0. The minimum Gasteiger partial charge on any atom is -0.423 e. The number of amides is 1. The molecule has 1 aromatic heterocycles. The molecule has 7 nitrogen and oxygen atoms in total. The van der Waals surface area contributed by atoms with E-state index in [-0.39, 0.29) is 11.3 Å². The summed E-state index contributed by atoms with van der Waals surface area (Å²) in [6.45, 7) is 1.80. The number of nitrogens with one attached hydrogen (secondary N) is 1. The summed E-state index contributed by atoms with van der Waals surface area (Å²) >= 11 is 0. The molecule has 2 aromatic carbocycles. The summed E-state index contributed by atoms with van der Waals surface area (Å²) < 4.78 is 5.13. The lowest BCUT2D eigenvalue weighted by atomic mass is 10.1. The van der Waals surface area contributed by atoms with Crippen LogP contribution in [0.4, 0.5) is 11.4 Å². The first kappa shape index (κ1) is 15.4. The zero-order chi connectivity index (χ0) is 17.3. The summed E-state index contributed by atoms with van der Waals surface area (Å²) in [5.74, 6) is -0.417. The monoisotopic (exact) mass is 324 g/mol. The molecule has 0 bridgehead atoms. The van der Waals surface area contributed by atoms with E-state index in [1.807, 2.05) is 0 Å². The molecule has 0 radical (unpaired) electrons. The zero-order valence-corrected chi connectivity index (χ0v) is 12.6. The predicted octanol–water partition coefficient (Wildman–Crippen LogP) is 3.26. The maximum absolute atomic E-state index is 12.2. The number of benzene rings is 2. The van der Waals surface area contributed by atoms with Gasteiger partial charge in [0.2, 0.25) is 0 Å². The van der Waals surface area contributed by atoms with Gasteiger partial charge in [0.15, 0.2) is 0 Å². The van der Waals surface area contributed by atoms with Crippen molar-refractivity contribution >= 4 is 28.3 Å². The van der Waals surface area contributed by atoms with Gasteiger partial charge in [-0.1, -0.05) is 0 Å². The molecule has 0 spiro atoms. The van der Waals surface area contributed by atoms with E-state index in [4.69, 9.17) is 4.42 Å². The Hall–Kier alpha value is -3.48. The molecular formula is C17H12N2O5. The Morgan fingerprint density at radius 1 is 1.12 bits per heavy atom. The molecule has 3 rings (SSSR count). The summed E-state index contributed by atoms with van der Waals surface area (Å²) in [6, 6.07) is 11.7. The smallest absolute Gasteiger partial charge is 0.336 e. The molecule has 0 unspecified atom stereocenters. The molecule has 1 heterocycles. The molecule has 120 valence electrons. The molecule has 24 heavy (non-hydrogen) atoms. The van der Waals surface area contributed by atoms with E-state index in [2.05, 4.69) is 5.32 Å². The van der Waals surface area contributed by atoms with E-state index < -0.39 is 16.5 Å². The van der Waals surface area contributed by atoms with Gasteiger partial charge in [0.1, 0.15) is 5.58 Å². The van der Waals surface area contributed by atoms with Crippen molar-refractivity contribution in [2.45, 2.75) is 6.92 Å².